The summed E-state index contributed by atoms with van der Waals surface area (Å²) in [5, 5.41) is 9.00. The van der Waals surface area contributed by atoms with E-state index in [1.807, 2.05) is 48.5 Å². The third-order valence-corrected chi connectivity index (χ3v) is 29.2. The molecule has 6 heteroatoms. The van der Waals surface area contributed by atoms with Crippen LogP contribution in [-0.2, 0) is 10.8 Å². The molecule has 0 fully saturated rings. The lowest BCUT2D eigenvalue weighted by atomic mass is 9.67. The molecule has 28 rings (SSSR count). The minimum Gasteiger partial charge on any atom is -0.456 e. The Morgan fingerprint density at radius 2 is 0.371 bits per heavy atom. The largest absolute Gasteiger partial charge is 0.456 e. The number of para-hydroxylation sites is 6. The quantitative estimate of drug-likeness (QED) is 0.0961. The summed E-state index contributed by atoms with van der Waals surface area (Å²) in [6.07, 6.45) is 0. The van der Waals surface area contributed by atoms with Gasteiger partial charge in [-0.15, -0.1) is 0 Å². The standard InChI is InChI=1S/2C67H43NO2/c1-3-16-47(17-4-1)67(48-18-5-2-6-19-48)60-28-10-7-22-59(60)64-52(23-15-29-61(64)67)44-32-38-49(39-33-44)68(50-40-34-45(35-41-50)53-24-13-26-57-55-20-8-11-30-62(55)69-65(53)57)51-42-36-46(37-43-51)54-25-14-27-58-56-21-9-12-31-63(56)70-66(54)58;1-3-14-49(15-4-1)67(50-16-5-2-6-17-50)60-22-10-7-20-57(60)66-54(21-13-23-61(66)67)46-30-38-53(39-31-46)68(51-34-26-44(27-35-51)47-32-40-64-58(42-47)55-18-8-11-24-62(55)69-64)52-36-28-45(29-37-52)48-33-41-65-59(43-48)56-19-9-12-25-63(56)70-65/h2*1-43H. The van der Waals surface area contributed by atoms with Crippen LogP contribution in [-0.4, -0.2) is 0 Å². The normalized spacial score (nSPS) is 12.7. The van der Waals surface area contributed by atoms with E-state index in [0.717, 1.165) is 172 Å². The molecule has 0 radical (unpaired) electrons. The molecule has 2 aliphatic rings. The Hall–Kier alpha value is -18.4. The Kier molecular flexibility index (Phi) is 19.3. The lowest BCUT2D eigenvalue weighted by Crippen LogP contribution is -2.28. The molecule has 0 unspecified atom stereocenters. The molecule has 0 bridgehead atoms. The molecule has 0 spiro atoms. The van der Waals surface area contributed by atoms with Crippen LogP contribution in [0.1, 0.15) is 44.5 Å². The average Bonchev–Trinajstić information content (AvgIpc) is 1.54. The summed E-state index contributed by atoms with van der Waals surface area (Å²) in [5.74, 6) is 0. The van der Waals surface area contributed by atoms with Crippen molar-refractivity contribution < 1.29 is 17.7 Å². The Labute approximate surface area is 809 Å². The molecule has 0 N–H and O–H groups in total. The highest BCUT2D eigenvalue weighted by Gasteiger charge is 2.49. The third-order valence-electron chi connectivity index (χ3n) is 29.2. The molecule has 140 heavy (non-hydrogen) atoms. The number of furan rings is 4. The van der Waals surface area contributed by atoms with Gasteiger partial charge in [0.05, 0.1) is 10.8 Å². The lowest BCUT2D eigenvalue weighted by Gasteiger charge is -2.34. The van der Waals surface area contributed by atoms with E-state index in [1.165, 1.54) is 83.5 Å². The van der Waals surface area contributed by atoms with Gasteiger partial charge in [-0.05, 0) is 244 Å². The Morgan fingerprint density at radius 3 is 0.707 bits per heavy atom. The van der Waals surface area contributed by atoms with E-state index in [1.54, 1.807) is 0 Å². The molecule has 0 aliphatic heterocycles. The van der Waals surface area contributed by atoms with Crippen molar-refractivity contribution in [1.82, 2.24) is 0 Å². The summed E-state index contributed by atoms with van der Waals surface area (Å²) >= 11 is 0. The molecular weight excluding hydrogens is 1700 g/mol. The van der Waals surface area contributed by atoms with Crippen molar-refractivity contribution in [2.75, 3.05) is 9.80 Å². The Bertz CT molecular complexity index is 8870. The van der Waals surface area contributed by atoms with Gasteiger partial charge in [-0.25, -0.2) is 0 Å². The summed E-state index contributed by atoms with van der Waals surface area (Å²) in [7, 11) is 0. The van der Waals surface area contributed by atoms with Crippen LogP contribution in [0.15, 0.2) is 539 Å². The van der Waals surface area contributed by atoms with E-state index in [9.17, 15) is 0 Å². The van der Waals surface area contributed by atoms with Gasteiger partial charge in [0.1, 0.15) is 44.7 Å². The van der Waals surface area contributed by atoms with E-state index in [0.29, 0.717) is 0 Å². The summed E-state index contributed by atoms with van der Waals surface area (Å²) in [4.78, 5) is 4.71. The van der Waals surface area contributed by atoms with Crippen LogP contribution in [0.25, 0.3) is 177 Å². The second-order valence-corrected chi connectivity index (χ2v) is 36.6. The SMILES string of the molecule is c1ccc(C2(c3ccccc3)c3ccccc3-c3c(-c4ccc(N(c5ccc(-c6ccc7oc8ccccc8c7c6)cc5)c5ccc(-c6ccc7oc8ccccc8c7c6)cc5)cc4)cccc32)cc1.c1ccc(C2(c3ccccc3)c3ccccc3-c3c(-c4ccc(N(c5ccc(-c6cccc7c6oc6ccccc67)cc5)c5ccc(-c6cccc7c6oc6ccccc67)cc5)cc4)cccc32)cc1. The molecule has 0 atom stereocenters. The smallest absolute Gasteiger partial charge is 0.143 e. The number of fused-ring (bicyclic) bond motifs is 18. The summed E-state index contributed by atoms with van der Waals surface area (Å²) < 4.78 is 25.3. The minimum atomic E-state index is -0.467. The second kappa shape index (κ2) is 33.3. The van der Waals surface area contributed by atoms with Gasteiger partial charge < -0.3 is 27.5 Å². The van der Waals surface area contributed by atoms with Crippen LogP contribution < -0.4 is 9.80 Å². The van der Waals surface area contributed by atoms with Gasteiger partial charge in [-0.2, -0.15) is 0 Å². The van der Waals surface area contributed by atoms with Gasteiger partial charge in [-0.1, -0.05) is 400 Å². The summed E-state index contributed by atoms with van der Waals surface area (Å²) in [6.45, 7) is 0. The van der Waals surface area contributed by atoms with Gasteiger partial charge >= 0.3 is 0 Å². The minimum absolute atomic E-state index is 0.463. The van der Waals surface area contributed by atoms with E-state index >= 15 is 0 Å². The molecule has 4 aromatic heterocycles. The van der Waals surface area contributed by atoms with Crippen LogP contribution in [0, 0.1) is 0 Å². The Morgan fingerprint density at radius 1 is 0.143 bits per heavy atom. The molecule has 6 nitrogen and oxygen atoms in total. The predicted molar refractivity (Wildman–Crippen MR) is 579 cm³/mol. The molecule has 656 valence electrons. The fourth-order valence-corrected chi connectivity index (χ4v) is 22.9. The molecule has 0 saturated heterocycles. The van der Waals surface area contributed by atoms with Gasteiger partial charge in [0.25, 0.3) is 0 Å². The summed E-state index contributed by atoms with van der Waals surface area (Å²) in [5.41, 5.74) is 41.6. The first-order chi connectivity index (χ1) is 69.4. The zero-order chi connectivity index (χ0) is 92.4. The van der Waals surface area contributed by atoms with Gasteiger partial charge in [-0.3, -0.25) is 0 Å². The van der Waals surface area contributed by atoms with Crippen LogP contribution in [0.2, 0.25) is 0 Å². The fourth-order valence-electron chi connectivity index (χ4n) is 22.9. The number of rotatable bonds is 16. The number of nitrogens with zero attached hydrogens (tertiary/aromatic N) is 2. The fraction of sp³-hybridized carbons (Fsp3) is 0.0149. The van der Waals surface area contributed by atoms with Gasteiger partial charge in [0.15, 0.2) is 0 Å². The van der Waals surface area contributed by atoms with Gasteiger partial charge in [0.2, 0.25) is 0 Å². The van der Waals surface area contributed by atoms with Crippen LogP contribution >= 0.6 is 0 Å². The monoisotopic (exact) mass is 1790 g/mol. The number of hydrogen-bond acceptors (Lipinski definition) is 6. The van der Waals surface area contributed by atoms with Crippen molar-refractivity contribution in [2.24, 2.45) is 0 Å². The van der Waals surface area contributed by atoms with Crippen molar-refractivity contribution in [3.05, 3.63) is 566 Å². The molecule has 26 aromatic rings. The first-order valence-corrected chi connectivity index (χ1v) is 48.0. The van der Waals surface area contributed by atoms with Crippen molar-refractivity contribution in [2.45, 2.75) is 10.8 Å². The van der Waals surface area contributed by atoms with Crippen molar-refractivity contribution in [1.29, 1.82) is 0 Å². The topological polar surface area (TPSA) is 59.0 Å². The maximum absolute atomic E-state index is 6.48. The first-order valence-electron chi connectivity index (χ1n) is 48.0. The zero-order valence-corrected chi connectivity index (χ0v) is 76.2. The maximum atomic E-state index is 6.48. The molecule has 0 amide bonds. The zero-order valence-electron chi connectivity index (χ0n) is 76.2. The summed E-state index contributed by atoms with van der Waals surface area (Å²) in [6, 6.07) is 189. The number of benzene rings is 22. The first kappa shape index (κ1) is 81.2. The average molecular weight is 1790 g/mol. The Balaban J connectivity index is 0.000000141. The van der Waals surface area contributed by atoms with Gasteiger partial charge in [0, 0.05) is 88.3 Å². The third kappa shape index (κ3) is 13.2. The molecule has 0 saturated carbocycles. The maximum Gasteiger partial charge on any atom is 0.143 e. The molecule has 4 heterocycles. The number of anilines is 6. The van der Waals surface area contributed by atoms with E-state index in [4.69, 9.17) is 17.7 Å². The van der Waals surface area contributed by atoms with Crippen molar-refractivity contribution in [3.63, 3.8) is 0 Å². The van der Waals surface area contributed by atoms with Crippen LogP contribution in [0.5, 0.6) is 0 Å². The highest BCUT2D eigenvalue weighted by Crippen LogP contribution is 2.61. The van der Waals surface area contributed by atoms with Crippen LogP contribution in [0.3, 0.4) is 0 Å². The van der Waals surface area contributed by atoms with Crippen molar-refractivity contribution in [3.8, 4) is 89.0 Å². The highest BCUT2D eigenvalue weighted by atomic mass is 16.3. The van der Waals surface area contributed by atoms with E-state index < -0.39 is 10.8 Å². The van der Waals surface area contributed by atoms with E-state index in [2.05, 4.69) is 483 Å². The van der Waals surface area contributed by atoms with Crippen LogP contribution in [0.4, 0.5) is 34.1 Å². The van der Waals surface area contributed by atoms with Crippen molar-refractivity contribution >= 4 is 122 Å². The highest BCUT2D eigenvalue weighted by molar-refractivity contribution is 6.13. The lowest BCUT2D eigenvalue weighted by molar-refractivity contribution is 0.668. The molecule has 2 aliphatic carbocycles. The predicted octanol–water partition coefficient (Wildman–Crippen LogP) is 36.6. The molecular formula is C134H86N2O4. The molecule has 22 aromatic carbocycles. The van der Waals surface area contributed by atoms with E-state index in [-0.39, 0.29) is 0 Å². The number of hydrogen-bond donors (Lipinski definition) is 0. The second-order valence-electron chi connectivity index (χ2n) is 36.6.